The third-order valence-electron chi connectivity index (χ3n) is 2.43. The van der Waals surface area contributed by atoms with Crippen molar-refractivity contribution < 1.29 is 4.74 Å². The van der Waals surface area contributed by atoms with Gasteiger partial charge in [0.15, 0.2) is 0 Å². The predicted octanol–water partition coefficient (Wildman–Crippen LogP) is 3.74. The average molecular weight is 292 g/mol. The fourth-order valence-electron chi connectivity index (χ4n) is 1.60. The largest absolute Gasteiger partial charge is 0.457 e. The Morgan fingerprint density at radius 2 is 1.71 bits per heavy atom. The second kappa shape index (κ2) is 5.84. The van der Waals surface area contributed by atoms with Crippen LogP contribution in [0.3, 0.4) is 0 Å². The van der Waals surface area contributed by atoms with Crippen LogP contribution in [0.5, 0.6) is 11.5 Å². The van der Waals surface area contributed by atoms with E-state index in [1.807, 2.05) is 48.5 Å². The quantitative estimate of drug-likeness (QED) is 0.931. The lowest BCUT2D eigenvalue weighted by atomic mass is 10.1. The number of hydrogen-bond acceptors (Lipinski definition) is 2. The van der Waals surface area contributed by atoms with E-state index in [4.69, 9.17) is 10.5 Å². The van der Waals surface area contributed by atoms with Gasteiger partial charge >= 0.3 is 0 Å². The molecule has 0 aliphatic rings. The third kappa shape index (κ3) is 3.32. The first kappa shape index (κ1) is 12.1. The van der Waals surface area contributed by atoms with E-state index in [-0.39, 0.29) is 0 Å². The summed E-state index contributed by atoms with van der Waals surface area (Å²) >= 11 is 3.40. The van der Waals surface area contributed by atoms with E-state index in [9.17, 15) is 0 Å². The van der Waals surface area contributed by atoms with Crippen molar-refractivity contribution in [2.75, 3.05) is 6.54 Å². The van der Waals surface area contributed by atoms with Gasteiger partial charge in [-0.1, -0.05) is 34.1 Å². The predicted molar refractivity (Wildman–Crippen MR) is 73.4 cm³/mol. The van der Waals surface area contributed by atoms with E-state index in [1.54, 1.807) is 0 Å². The fraction of sp³-hybridized carbons (Fsp3) is 0.143. The van der Waals surface area contributed by atoms with Crippen LogP contribution in [-0.4, -0.2) is 6.54 Å². The lowest BCUT2D eigenvalue weighted by molar-refractivity contribution is 0.476. The van der Waals surface area contributed by atoms with Crippen LogP contribution in [0, 0.1) is 0 Å². The second-order valence-electron chi connectivity index (χ2n) is 3.70. The van der Waals surface area contributed by atoms with Crippen molar-refractivity contribution in [3.8, 4) is 11.5 Å². The lowest BCUT2D eigenvalue weighted by Crippen LogP contribution is -2.03. The van der Waals surface area contributed by atoms with E-state index in [2.05, 4.69) is 15.9 Å². The zero-order chi connectivity index (χ0) is 12.1. The third-order valence-corrected chi connectivity index (χ3v) is 2.96. The first-order valence-corrected chi connectivity index (χ1v) is 6.30. The van der Waals surface area contributed by atoms with Crippen molar-refractivity contribution >= 4 is 15.9 Å². The monoisotopic (exact) mass is 291 g/mol. The van der Waals surface area contributed by atoms with Crippen molar-refractivity contribution in [3.63, 3.8) is 0 Å². The summed E-state index contributed by atoms with van der Waals surface area (Å²) in [5, 5.41) is 0. The van der Waals surface area contributed by atoms with Gasteiger partial charge in [-0.05, 0) is 48.9 Å². The molecule has 0 atom stereocenters. The molecule has 0 unspecified atom stereocenters. The number of ether oxygens (including phenoxy) is 1. The highest BCUT2D eigenvalue weighted by molar-refractivity contribution is 9.10. The van der Waals surface area contributed by atoms with Gasteiger partial charge in [0.1, 0.15) is 11.5 Å². The fourth-order valence-corrected chi connectivity index (χ4v) is 1.86. The smallest absolute Gasteiger partial charge is 0.130 e. The van der Waals surface area contributed by atoms with Crippen molar-refractivity contribution in [2.24, 2.45) is 5.73 Å². The van der Waals surface area contributed by atoms with Gasteiger partial charge in [-0.25, -0.2) is 0 Å². The molecule has 0 radical (unpaired) electrons. The summed E-state index contributed by atoms with van der Waals surface area (Å²) in [6, 6.07) is 15.8. The molecule has 2 aromatic carbocycles. The standard InChI is InChI=1S/C14H14BrNO/c15-12-5-7-13(8-6-12)17-14-4-2-1-3-11(14)9-10-16/h1-8H,9-10,16H2. The maximum Gasteiger partial charge on any atom is 0.130 e. The second-order valence-corrected chi connectivity index (χ2v) is 4.62. The molecule has 0 aromatic heterocycles. The molecule has 17 heavy (non-hydrogen) atoms. The van der Waals surface area contributed by atoms with Crippen molar-refractivity contribution in [1.29, 1.82) is 0 Å². The Bertz CT molecular complexity index is 482. The van der Waals surface area contributed by atoms with Gasteiger partial charge in [-0.2, -0.15) is 0 Å². The number of nitrogens with two attached hydrogens (primary N) is 1. The molecule has 0 heterocycles. The molecule has 2 N–H and O–H groups in total. The molecule has 2 nitrogen and oxygen atoms in total. The highest BCUT2D eigenvalue weighted by Crippen LogP contribution is 2.26. The lowest BCUT2D eigenvalue weighted by Gasteiger charge is -2.10. The van der Waals surface area contributed by atoms with Crippen LogP contribution in [-0.2, 0) is 6.42 Å². The van der Waals surface area contributed by atoms with E-state index in [1.165, 1.54) is 0 Å². The van der Waals surface area contributed by atoms with Gasteiger partial charge in [0.05, 0.1) is 0 Å². The minimum absolute atomic E-state index is 0.626. The molecule has 0 fully saturated rings. The van der Waals surface area contributed by atoms with Crippen LogP contribution in [0.1, 0.15) is 5.56 Å². The molecule has 2 aromatic rings. The van der Waals surface area contributed by atoms with Crippen molar-refractivity contribution in [3.05, 3.63) is 58.6 Å². The normalized spacial score (nSPS) is 10.2. The minimum Gasteiger partial charge on any atom is -0.457 e. The van der Waals surface area contributed by atoms with Gasteiger partial charge in [-0.3, -0.25) is 0 Å². The number of para-hydroxylation sites is 1. The van der Waals surface area contributed by atoms with E-state index < -0.39 is 0 Å². The molecule has 0 spiro atoms. The zero-order valence-electron chi connectivity index (χ0n) is 9.40. The Morgan fingerprint density at radius 3 is 2.41 bits per heavy atom. The molecular weight excluding hydrogens is 278 g/mol. The number of rotatable bonds is 4. The Morgan fingerprint density at radius 1 is 1.00 bits per heavy atom. The highest BCUT2D eigenvalue weighted by atomic mass is 79.9. The maximum atomic E-state index is 5.84. The molecule has 88 valence electrons. The number of halogens is 1. The first-order valence-electron chi connectivity index (χ1n) is 5.51. The number of hydrogen-bond donors (Lipinski definition) is 1. The van der Waals surface area contributed by atoms with Gasteiger partial charge in [0, 0.05) is 4.47 Å². The van der Waals surface area contributed by atoms with Gasteiger partial charge in [0.25, 0.3) is 0 Å². The van der Waals surface area contributed by atoms with Gasteiger partial charge in [-0.15, -0.1) is 0 Å². The molecular formula is C14H14BrNO. The molecule has 0 bridgehead atoms. The van der Waals surface area contributed by atoms with Crippen molar-refractivity contribution in [1.82, 2.24) is 0 Å². The van der Waals surface area contributed by atoms with Crippen LogP contribution in [0.4, 0.5) is 0 Å². The van der Waals surface area contributed by atoms with Crippen molar-refractivity contribution in [2.45, 2.75) is 6.42 Å². The molecule has 2 rings (SSSR count). The summed E-state index contributed by atoms with van der Waals surface area (Å²) < 4.78 is 6.88. The van der Waals surface area contributed by atoms with E-state index in [0.29, 0.717) is 6.54 Å². The van der Waals surface area contributed by atoms with Crippen LogP contribution in [0.25, 0.3) is 0 Å². The number of benzene rings is 2. The summed E-state index contributed by atoms with van der Waals surface area (Å²) in [4.78, 5) is 0. The Labute approximate surface area is 110 Å². The first-order chi connectivity index (χ1) is 8.29. The zero-order valence-corrected chi connectivity index (χ0v) is 11.0. The maximum absolute atomic E-state index is 5.84. The molecule has 0 aliphatic heterocycles. The van der Waals surface area contributed by atoms with E-state index in [0.717, 1.165) is 28.0 Å². The summed E-state index contributed by atoms with van der Waals surface area (Å²) in [7, 11) is 0. The molecule has 0 saturated carbocycles. The topological polar surface area (TPSA) is 35.2 Å². The minimum atomic E-state index is 0.626. The summed E-state index contributed by atoms with van der Waals surface area (Å²) in [6.45, 7) is 0.626. The summed E-state index contributed by atoms with van der Waals surface area (Å²) in [6.07, 6.45) is 0.826. The van der Waals surface area contributed by atoms with Gasteiger partial charge < -0.3 is 10.5 Å². The summed E-state index contributed by atoms with van der Waals surface area (Å²) in [5.41, 5.74) is 6.72. The Kier molecular flexibility index (Phi) is 4.18. The van der Waals surface area contributed by atoms with Gasteiger partial charge in [0.2, 0.25) is 0 Å². The SMILES string of the molecule is NCCc1ccccc1Oc1ccc(Br)cc1. The van der Waals surface area contributed by atoms with Crippen LogP contribution >= 0.6 is 15.9 Å². The molecule has 0 aliphatic carbocycles. The average Bonchev–Trinajstić information content (AvgIpc) is 2.35. The van der Waals surface area contributed by atoms with E-state index >= 15 is 0 Å². The van der Waals surface area contributed by atoms with Crippen LogP contribution in [0.2, 0.25) is 0 Å². The van der Waals surface area contributed by atoms with Crippen LogP contribution in [0.15, 0.2) is 53.0 Å². The molecule has 0 amide bonds. The van der Waals surface area contributed by atoms with Crippen LogP contribution < -0.4 is 10.5 Å². The molecule has 0 saturated heterocycles. The molecule has 3 heteroatoms. The highest BCUT2D eigenvalue weighted by Gasteiger charge is 2.03. The Balaban J connectivity index is 2.20. The summed E-state index contributed by atoms with van der Waals surface area (Å²) in [5.74, 6) is 1.71. The Hall–Kier alpha value is -1.32.